The molecule has 7 nitrogen and oxygen atoms in total. The third-order valence-electron chi connectivity index (χ3n) is 3.64. The Bertz CT molecular complexity index is 746. The van der Waals surface area contributed by atoms with E-state index in [0.29, 0.717) is 31.1 Å². The maximum absolute atomic E-state index is 12.2. The van der Waals surface area contributed by atoms with Gasteiger partial charge in [-0.1, -0.05) is 18.2 Å². The Morgan fingerprint density at radius 3 is 2.44 bits per heavy atom. The molecule has 0 saturated carbocycles. The summed E-state index contributed by atoms with van der Waals surface area (Å²) in [7, 11) is 1.58. The second kappa shape index (κ2) is 10.8. The molecule has 2 aromatic carbocycles. The average molecular weight is 372 g/mol. The molecule has 0 radical (unpaired) electrons. The summed E-state index contributed by atoms with van der Waals surface area (Å²) in [6.07, 6.45) is 0.144. The summed E-state index contributed by atoms with van der Waals surface area (Å²) in [6, 6.07) is 13.9. The van der Waals surface area contributed by atoms with Gasteiger partial charge in [-0.15, -0.1) is 0 Å². The van der Waals surface area contributed by atoms with E-state index in [0.717, 1.165) is 11.3 Å². The molecule has 0 aliphatic rings. The first-order valence-corrected chi connectivity index (χ1v) is 8.65. The Morgan fingerprint density at radius 1 is 0.963 bits per heavy atom. The first-order valence-electron chi connectivity index (χ1n) is 8.65. The normalized spacial score (nSPS) is 10.1. The Morgan fingerprint density at radius 2 is 1.74 bits per heavy atom. The Labute approximate surface area is 158 Å². The smallest absolute Gasteiger partial charge is 0.269 e. The van der Waals surface area contributed by atoms with Gasteiger partial charge in [0.2, 0.25) is 5.91 Å². The number of hydrogen-bond donors (Lipinski definition) is 2. The van der Waals surface area contributed by atoms with Crippen LogP contribution in [-0.4, -0.2) is 38.7 Å². The predicted molar refractivity (Wildman–Crippen MR) is 101 cm³/mol. The fourth-order valence-corrected chi connectivity index (χ4v) is 2.26. The second-order valence-electron chi connectivity index (χ2n) is 5.60. The molecule has 0 fully saturated rings. The first kappa shape index (κ1) is 20.3. The van der Waals surface area contributed by atoms with Crippen molar-refractivity contribution < 1.29 is 23.8 Å². The summed E-state index contributed by atoms with van der Waals surface area (Å²) in [6.45, 7) is 3.42. The summed E-state index contributed by atoms with van der Waals surface area (Å²) >= 11 is 0. The number of methoxy groups -OCH3 is 1. The van der Waals surface area contributed by atoms with Gasteiger partial charge < -0.3 is 14.2 Å². The van der Waals surface area contributed by atoms with Crippen LogP contribution < -0.4 is 20.3 Å². The number of hydrazine groups is 1. The third-order valence-corrected chi connectivity index (χ3v) is 3.64. The quantitative estimate of drug-likeness (QED) is 0.520. The molecular formula is C20H24N2O5. The zero-order valence-corrected chi connectivity index (χ0v) is 15.5. The van der Waals surface area contributed by atoms with E-state index in [1.165, 1.54) is 0 Å². The Hall–Kier alpha value is -3.06. The molecule has 0 spiro atoms. The number of hydrogen-bond acceptors (Lipinski definition) is 5. The van der Waals surface area contributed by atoms with Crippen LogP contribution in [0.2, 0.25) is 0 Å². The summed E-state index contributed by atoms with van der Waals surface area (Å²) in [5.41, 5.74) is 6.00. The van der Waals surface area contributed by atoms with Gasteiger partial charge in [0.15, 0.2) is 0 Å². The summed E-state index contributed by atoms with van der Waals surface area (Å²) < 4.78 is 15.8. The highest BCUT2D eigenvalue weighted by Gasteiger charge is 2.09. The highest BCUT2D eigenvalue weighted by molar-refractivity contribution is 5.95. The molecule has 0 heterocycles. The van der Waals surface area contributed by atoms with Crippen molar-refractivity contribution in [3.05, 3.63) is 59.7 Å². The lowest BCUT2D eigenvalue weighted by molar-refractivity contribution is -0.121. The maximum Gasteiger partial charge on any atom is 0.269 e. The van der Waals surface area contributed by atoms with Crippen molar-refractivity contribution in [1.29, 1.82) is 0 Å². The Balaban J connectivity index is 1.81. The van der Waals surface area contributed by atoms with Crippen LogP contribution in [0.4, 0.5) is 0 Å². The average Bonchev–Trinajstić information content (AvgIpc) is 2.70. The van der Waals surface area contributed by atoms with Crippen LogP contribution in [0.1, 0.15) is 22.8 Å². The molecule has 2 rings (SSSR count). The topological polar surface area (TPSA) is 85.9 Å². The summed E-state index contributed by atoms with van der Waals surface area (Å²) in [4.78, 5) is 24.2. The highest BCUT2D eigenvalue weighted by atomic mass is 16.5. The van der Waals surface area contributed by atoms with Crippen molar-refractivity contribution in [1.82, 2.24) is 10.9 Å². The molecule has 0 bridgehead atoms. The van der Waals surface area contributed by atoms with Gasteiger partial charge in [-0.05, 0) is 42.8 Å². The SMILES string of the molecule is CCOCCOc1cccc(C(=O)NNC(=O)Cc2ccc(OC)cc2)c1. The molecular weight excluding hydrogens is 348 g/mol. The van der Waals surface area contributed by atoms with Crippen molar-refractivity contribution in [2.75, 3.05) is 26.9 Å². The van der Waals surface area contributed by atoms with E-state index in [1.54, 1.807) is 55.6 Å². The van der Waals surface area contributed by atoms with Crippen molar-refractivity contribution in [2.45, 2.75) is 13.3 Å². The van der Waals surface area contributed by atoms with Gasteiger partial charge in [0.05, 0.1) is 20.1 Å². The van der Waals surface area contributed by atoms with Crippen LogP contribution in [0.3, 0.4) is 0 Å². The zero-order chi connectivity index (χ0) is 19.5. The highest BCUT2D eigenvalue weighted by Crippen LogP contribution is 2.13. The zero-order valence-electron chi connectivity index (χ0n) is 15.5. The van der Waals surface area contributed by atoms with Crippen LogP contribution in [0, 0.1) is 0 Å². The molecule has 0 unspecified atom stereocenters. The van der Waals surface area contributed by atoms with Crippen LogP contribution >= 0.6 is 0 Å². The van der Waals surface area contributed by atoms with Crippen LogP contribution in [0.5, 0.6) is 11.5 Å². The van der Waals surface area contributed by atoms with E-state index in [2.05, 4.69) is 10.9 Å². The lowest BCUT2D eigenvalue weighted by Gasteiger charge is -2.10. The predicted octanol–water partition coefficient (Wildman–Crippen LogP) is 2.11. The van der Waals surface area contributed by atoms with Gasteiger partial charge in [0.25, 0.3) is 5.91 Å². The summed E-state index contributed by atoms with van der Waals surface area (Å²) in [5.74, 6) is 0.536. The number of ether oxygens (including phenoxy) is 3. The van der Waals surface area contributed by atoms with E-state index in [4.69, 9.17) is 14.2 Å². The van der Waals surface area contributed by atoms with Gasteiger partial charge in [0.1, 0.15) is 18.1 Å². The van der Waals surface area contributed by atoms with E-state index in [1.807, 2.05) is 6.92 Å². The minimum Gasteiger partial charge on any atom is -0.497 e. The molecule has 7 heteroatoms. The van der Waals surface area contributed by atoms with Crippen LogP contribution in [0.15, 0.2) is 48.5 Å². The number of benzene rings is 2. The molecule has 27 heavy (non-hydrogen) atoms. The molecule has 2 N–H and O–H groups in total. The van der Waals surface area contributed by atoms with Crippen LogP contribution in [0.25, 0.3) is 0 Å². The van der Waals surface area contributed by atoms with Crippen molar-refractivity contribution in [3.63, 3.8) is 0 Å². The second-order valence-corrected chi connectivity index (χ2v) is 5.60. The van der Waals surface area contributed by atoms with E-state index >= 15 is 0 Å². The first-order chi connectivity index (χ1) is 13.1. The van der Waals surface area contributed by atoms with E-state index in [9.17, 15) is 9.59 Å². The van der Waals surface area contributed by atoms with Crippen LogP contribution in [-0.2, 0) is 16.0 Å². The monoisotopic (exact) mass is 372 g/mol. The van der Waals surface area contributed by atoms with E-state index < -0.39 is 5.91 Å². The number of amides is 2. The number of nitrogens with one attached hydrogen (secondary N) is 2. The number of carbonyl (C=O) groups is 2. The fourth-order valence-electron chi connectivity index (χ4n) is 2.26. The third kappa shape index (κ3) is 6.99. The molecule has 0 aliphatic carbocycles. The Kier molecular flexibility index (Phi) is 8.12. The molecule has 0 aliphatic heterocycles. The minimum atomic E-state index is -0.423. The lowest BCUT2D eigenvalue weighted by atomic mass is 10.1. The number of rotatable bonds is 9. The maximum atomic E-state index is 12.2. The largest absolute Gasteiger partial charge is 0.497 e. The van der Waals surface area contributed by atoms with Gasteiger partial charge in [0, 0.05) is 12.2 Å². The number of carbonyl (C=O) groups excluding carboxylic acids is 2. The molecule has 2 amide bonds. The van der Waals surface area contributed by atoms with Gasteiger partial charge in [-0.3, -0.25) is 20.4 Å². The van der Waals surface area contributed by atoms with Gasteiger partial charge >= 0.3 is 0 Å². The lowest BCUT2D eigenvalue weighted by Crippen LogP contribution is -2.42. The molecule has 0 saturated heterocycles. The van der Waals surface area contributed by atoms with E-state index in [-0.39, 0.29) is 12.3 Å². The van der Waals surface area contributed by atoms with Gasteiger partial charge in [-0.2, -0.15) is 0 Å². The van der Waals surface area contributed by atoms with Crippen molar-refractivity contribution in [2.24, 2.45) is 0 Å². The molecule has 0 aromatic heterocycles. The molecule has 0 atom stereocenters. The molecule has 2 aromatic rings. The minimum absolute atomic E-state index is 0.144. The van der Waals surface area contributed by atoms with Crippen molar-refractivity contribution >= 4 is 11.8 Å². The van der Waals surface area contributed by atoms with Gasteiger partial charge in [-0.25, -0.2) is 0 Å². The molecule has 144 valence electrons. The van der Waals surface area contributed by atoms with Crippen molar-refractivity contribution in [3.8, 4) is 11.5 Å². The fraction of sp³-hybridized carbons (Fsp3) is 0.300. The summed E-state index contributed by atoms with van der Waals surface area (Å²) in [5, 5.41) is 0. The standard InChI is InChI=1S/C20H24N2O5/c1-3-26-11-12-27-18-6-4-5-16(14-18)20(24)22-21-19(23)13-15-7-9-17(25-2)10-8-15/h4-10,14H,3,11-13H2,1-2H3,(H,21,23)(H,22,24).